The molecule has 4 nitrogen and oxygen atoms in total. The zero-order valence-corrected chi connectivity index (χ0v) is 17.0. The Kier molecular flexibility index (Phi) is 5.23. The minimum Gasteiger partial charge on any atom is -0.368 e. The van der Waals surface area contributed by atoms with Crippen LogP contribution in [-0.2, 0) is 0 Å². The molecule has 0 spiro atoms. The van der Waals surface area contributed by atoms with Gasteiger partial charge in [0.2, 0.25) is 0 Å². The van der Waals surface area contributed by atoms with E-state index in [0.717, 1.165) is 46.0 Å². The maximum Gasteiger partial charge on any atom is 0.254 e. The molecule has 2 aromatic carbocycles. The minimum atomic E-state index is 0.0891. The number of rotatable bonds is 3. The highest BCUT2D eigenvalue weighted by molar-refractivity contribution is 6.30. The number of pyridine rings is 1. The van der Waals surface area contributed by atoms with Crippen LogP contribution in [-0.4, -0.2) is 42.0 Å². The molecule has 1 fully saturated rings. The number of anilines is 1. The lowest BCUT2D eigenvalue weighted by Crippen LogP contribution is -2.48. The Hall–Kier alpha value is -2.59. The lowest BCUT2D eigenvalue weighted by atomic mass is 10.0. The van der Waals surface area contributed by atoms with Crippen molar-refractivity contribution in [1.82, 2.24) is 9.88 Å². The van der Waals surface area contributed by atoms with E-state index in [-0.39, 0.29) is 11.8 Å². The number of benzene rings is 2. The summed E-state index contributed by atoms with van der Waals surface area (Å²) >= 11 is 6.12. The highest BCUT2D eigenvalue weighted by Gasteiger charge is 2.24. The largest absolute Gasteiger partial charge is 0.368 e. The van der Waals surface area contributed by atoms with Gasteiger partial charge in [0, 0.05) is 48.0 Å². The van der Waals surface area contributed by atoms with Crippen LogP contribution in [0.1, 0.15) is 35.8 Å². The van der Waals surface area contributed by atoms with E-state index in [1.807, 2.05) is 53.4 Å². The molecule has 3 aromatic rings. The molecule has 1 saturated heterocycles. The van der Waals surface area contributed by atoms with Gasteiger partial charge in [-0.15, -0.1) is 0 Å². The number of para-hydroxylation sites is 1. The van der Waals surface area contributed by atoms with Crippen LogP contribution in [0.5, 0.6) is 0 Å². The Morgan fingerprint density at radius 2 is 1.75 bits per heavy atom. The molecule has 2 heterocycles. The van der Waals surface area contributed by atoms with Crippen LogP contribution >= 0.6 is 11.6 Å². The van der Waals surface area contributed by atoms with Gasteiger partial charge >= 0.3 is 0 Å². The summed E-state index contributed by atoms with van der Waals surface area (Å²) in [4.78, 5) is 22.3. The second kappa shape index (κ2) is 7.80. The summed E-state index contributed by atoms with van der Waals surface area (Å²) in [6.45, 7) is 7.19. The number of carbonyl (C=O) groups excluding carboxylic acids is 1. The number of fused-ring (bicyclic) bond motifs is 1. The fourth-order valence-corrected chi connectivity index (χ4v) is 3.86. The molecule has 1 aliphatic rings. The molecule has 0 aliphatic carbocycles. The summed E-state index contributed by atoms with van der Waals surface area (Å²) in [6, 6.07) is 17.8. The molecule has 144 valence electrons. The molecule has 0 bridgehead atoms. The van der Waals surface area contributed by atoms with Gasteiger partial charge in [0.25, 0.3) is 5.91 Å². The van der Waals surface area contributed by atoms with E-state index in [2.05, 4.69) is 24.8 Å². The van der Waals surface area contributed by atoms with Gasteiger partial charge in [-0.3, -0.25) is 9.78 Å². The first-order chi connectivity index (χ1) is 13.5. The number of hydrogen-bond acceptors (Lipinski definition) is 3. The van der Waals surface area contributed by atoms with Crippen molar-refractivity contribution in [2.45, 2.75) is 19.8 Å². The van der Waals surface area contributed by atoms with Crippen molar-refractivity contribution in [3.05, 3.63) is 70.9 Å². The molecule has 4 rings (SSSR count). The van der Waals surface area contributed by atoms with Gasteiger partial charge in [0.15, 0.2) is 0 Å². The quantitative estimate of drug-likeness (QED) is 0.630. The van der Waals surface area contributed by atoms with E-state index >= 15 is 0 Å². The third-order valence-corrected chi connectivity index (χ3v) is 5.53. The van der Waals surface area contributed by atoms with Crippen molar-refractivity contribution in [2.75, 3.05) is 31.1 Å². The minimum absolute atomic E-state index is 0.0891. The molecule has 1 amide bonds. The molecule has 0 saturated carbocycles. The topological polar surface area (TPSA) is 36.4 Å². The van der Waals surface area contributed by atoms with Crippen molar-refractivity contribution in [1.29, 1.82) is 0 Å². The Bertz CT molecular complexity index is 1010. The van der Waals surface area contributed by atoms with Crippen LogP contribution in [0, 0.1) is 0 Å². The Morgan fingerprint density at radius 1 is 1.00 bits per heavy atom. The van der Waals surface area contributed by atoms with Crippen LogP contribution in [0.4, 0.5) is 5.69 Å². The number of piperazine rings is 1. The summed E-state index contributed by atoms with van der Waals surface area (Å²) in [5.41, 5.74) is 3.70. The first-order valence-electron chi connectivity index (χ1n) is 9.72. The molecule has 28 heavy (non-hydrogen) atoms. The average Bonchev–Trinajstić information content (AvgIpc) is 2.72. The smallest absolute Gasteiger partial charge is 0.254 e. The molecule has 1 aliphatic heterocycles. The van der Waals surface area contributed by atoms with Gasteiger partial charge in [0.05, 0.1) is 11.1 Å². The first kappa shape index (κ1) is 18.8. The zero-order chi connectivity index (χ0) is 19.7. The van der Waals surface area contributed by atoms with Crippen LogP contribution < -0.4 is 4.90 Å². The summed E-state index contributed by atoms with van der Waals surface area (Å²) < 4.78 is 0. The zero-order valence-electron chi connectivity index (χ0n) is 16.2. The molecular formula is C23H24ClN3O. The average molecular weight is 394 g/mol. The number of halogens is 1. The van der Waals surface area contributed by atoms with Crippen LogP contribution in [0.15, 0.2) is 54.6 Å². The first-order valence-corrected chi connectivity index (χ1v) is 10.1. The second-order valence-electron chi connectivity index (χ2n) is 7.53. The van der Waals surface area contributed by atoms with E-state index < -0.39 is 0 Å². The van der Waals surface area contributed by atoms with Crippen molar-refractivity contribution < 1.29 is 4.79 Å². The fraction of sp³-hybridized carbons (Fsp3) is 0.304. The van der Waals surface area contributed by atoms with E-state index in [0.29, 0.717) is 13.1 Å². The van der Waals surface area contributed by atoms with Gasteiger partial charge in [0.1, 0.15) is 0 Å². The third-order valence-electron chi connectivity index (χ3n) is 5.30. The van der Waals surface area contributed by atoms with Crippen LogP contribution in [0.25, 0.3) is 10.9 Å². The normalized spacial score (nSPS) is 14.7. The molecule has 1 aromatic heterocycles. The third kappa shape index (κ3) is 3.69. The number of aromatic nitrogens is 1. The molecule has 0 atom stereocenters. The van der Waals surface area contributed by atoms with Crippen molar-refractivity contribution in [3.63, 3.8) is 0 Å². The van der Waals surface area contributed by atoms with E-state index in [9.17, 15) is 4.79 Å². The predicted octanol–water partition coefficient (Wildman–Crippen LogP) is 4.97. The molecule has 0 N–H and O–H groups in total. The maximum atomic E-state index is 13.3. The summed E-state index contributed by atoms with van der Waals surface area (Å²) in [5.74, 6) is 0.363. The Labute approximate surface area is 170 Å². The van der Waals surface area contributed by atoms with Crippen LogP contribution in [0.3, 0.4) is 0 Å². The van der Waals surface area contributed by atoms with Crippen molar-refractivity contribution in [3.8, 4) is 0 Å². The van der Waals surface area contributed by atoms with Gasteiger partial charge in [-0.05, 0) is 36.2 Å². The van der Waals surface area contributed by atoms with Gasteiger partial charge in [-0.2, -0.15) is 0 Å². The van der Waals surface area contributed by atoms with Crippen LogP contribution in [0.2, 0.25) is 5.02 Å². The number of amides is 1. The predicted molar refractivity (Wildman–Crippen MR) is 115 cm³/mol. The lowest BCUT2D eigenvalue weighted by Gasteiger charge is -2.36. The summed E-state index contributed by atoms with van der Waals surface area (Å²) in [7, 11) is 0. The monoisotopic (exact) mass is 393 g/mol. The van der Waals surface area contributed by atoms with Gasteiger partial charge in [-0.1, -0.05) is 49.7 Å². The Morgan fingerprint density at radius 3 is 2.46 bits per heavy atom. The fourth-order valence-electron chi connectivity index (χ4n) is 3.68. The summed E-state index contributed by atoms with van der Waals surface area (Å²) in [5, 5.41) is 1.66. The number of nitrogens with zero attached hydrogens (tertiary/aromatic N) is 3. The standard InChI is InChI=1S/C23H24ClN3O/c1-16(2)22-15-20(19-8-3-4-9-21(19)25-22)23(28)27-12-10-26(11-13-27)18-7-5-6-17(24)14-18/h3-9,14-16H,10-13H2,1-2H3. The Balaban J connectivity index is 1.57. The van der Waals surface area contributed by atoms with E-state index in [1.54, 1.807) is 0 Å². The maximum absolute atomic E-state index is 13.3. The van der Waals surface area contributed by atoms with Crippen molar-refractivity contribution in [2.24, 2.45) is 0 Å². The molecule has 5 heteroatoms. The summed E-state index contributed by atoms with van der Waals surface area (Å²) in [6.07, 6.45) is 0. The molecular weight excluding hydrogens is 370 g/mol. The molecule has 0 unspecified atom stereocenters. The van der Waals surface area contributed by atoms with Gasteiger partial charge in [-0.25, -0.2) is 0 Å². The SMILES string of the molecule is CC(C)c1cc(C(=O)N2CCN(c3cccc(Cl)c3)CC2)c2ccccc2n1. The lowest BCUT2D eigenvalue weighted by molar-refractivity contribution is 0.0748. The highest BCUT2D eigenvalue weighted by atomic mass is 35.5. The highest BCUT2D eigenvalue weighted by Crippen LogP contribution is 2.25. The number of hydrogen-bond donors (Lipinski definition) is 0. The van der Waals surface area contributed by atoms with E-state index in [1.165, 1.54) is 0 Å². The second-order valence-corrected chi connectivity index (χ2v) is 7.96. The van der Waals surface area contributed by atoms with Gasteiger partial charge < -0.3 is 9.80 Å². The number of carbonyl (C=O) groups is 1. The van der Waals surface area contributed by atoms with Crippen molar-refractivity contribution >= 4 is 34.1 Å². The molecule has 0 radical (unpaired) electrons. The van der Waals surface area contributed by atoms with E-state index in [4.69, 9.17) is 16.6 Å².